The van der Waals surface area contributed by atoms with Crippen LogP contribution in [0, 0.1) is 0 Å². The lowest BCUT2D eigenvalue weighted by Crippen LogP contribution is -2.36. The third-order valence-corrected chi connectivity index (χ3v) is 2.65. The van der Waals surface area contributed by atoms with Gasteiger partial charge in [0.1, 0.15) is 5.76 Å². The third-order valence-electron chi connectivity index (χ3n) is 2.65. The molecule has 0 unspecified atom stereocenters. The van der Waals surface area contributed by atoms with E-state index >= 15 is 0 Å². The van der Waals surface area contributed by atoms with Crippen molar-refractivity contribution in [3.63, 3.8) is 0 Å². The third kappa shape index (κ3) is 3.38. The van der Waals surface area contributed by atoms with Crippen molar-refractivity contribution < 1.29 is 9.21 Å². The molecule has 0 fully saturated rings. The van der Waals surface area contributed by atoms with Crippen molar-refractivity contribution in [3.8, 4) is 0 Å². The smallest absolute Gasteiger partial charge is 0.315 e. The normalized spacial score (nSPS) is 11.8. The molecule has 18 heavy (non-hydrogen) atoms. The molecule has 0 saturated carbocycles. The molecule has 0 bridgehead atoms. The first kappa shape index (κ1) is 12.2. The van der Waals surface area contributed by atoms with Crippen LogP contribution >= 0.6 is 0 Å². The second-order valence-corrected chi connectivity index (χ2v) is 4.04. The first-order valence-corrected chi connectivity index (χ1v) is 5.87. The van der Waals surface area contributed by atoms with E-state index in [4.69, 9.17) is 4.42 Å². The Morgan fingerprint density at radius 2 is 2.00 bits per heavy atom. The van der Waals surface area contributed by atoms with E-state index in [-0.39, 0.29) is 12.1 Å². The highest BCUT2D eigenvalue weighted by atomic mass is 16.3. The number of benzene rings is 1. The molecule has 94 valence electrons. The van der Waals surface area contributed by atoms with Crippen molar-refractivity contribution in [3.05, 3.63) is 60.1 Å². The number of nitrogens with one attached hydrogen (secondary N) is 2. The summed E-state index contributed by atoms with van der Waals surface area (Å²) in [6.07, 6.45) is 1.58. The topological polar surface area (TPSA) is 54.3 Å². The summed E-state index contributed by atoms with van der Waals surface area (Å²) in [5, 5.41) is 5.61. The van der Waals surface area contributed by atoms with E-state index in [9.17, 15) is 4.79 Å². The number of urea groups is 1. The predicted molar refractivity (Wildman–Crippen MR) is 68.9 cm³/mol. The van der Waals surface area contributed by atoms with Crippen LogP contribution in [0.3, 0.4) is 0 Å². The van der Waals surface area contributed by atoms with Crippen LogP contribution in [-0.2, 0) is 6.54 Å². The maximum atomic E-state index is 11.7. The van der Waals surface area contributed by atoms with Gasteiger partial charge in [-0.15, -0.1) is 0 Å². The number of carbonyl (C=O) groups is 1. The molecule has 4 nitrogen and oxygen atoms in total. The first-order chi connectivity index (χ1) is 8.75. The molecule has 0 aliphatic rings. The van der Waals surface area contributed by atoms with Crippen LogP contribution in [0.4, 0.5) is 4.79 Å². The van der Waals surface area contributed by atoms with Gasteiger partial charge in [-0.05, 0) is 24.6 Å². The summed E-state index contributed by atoms with van der Waals surface area (Å²) in [6, 6.07) is 13.2. The molecular formula is C14H16N2O2. The van der Waals surface area contributed by atoms with Crippen molar-refractivity contribution in [2.24, 2.45) is 0 Å². The Labute approximate surface area is 106 Å². The molecule has 1 aromatic carbocycles. The second-order valence-electron chi connectivity index (χ2n) is 4.04. The lowest BCUT2D eigenvalue weighted by molar-refractivity contribution is 0.236. The molecule has 2 N–H and O–H groups in total. The van der Waals surface area contributed by atoms with Gasteiger partial charge >= 0.3 is 6.03 Å². The largest absolute Gasteiger partial charge is 0.467 e. The van der Waals surface area contributed by atoms with Gasteiger partial charge in [-0.2, -0.15) is 0 Å². The van der Waals surface area contributed by atoms with Crippen LogP contribution in [0.25, 0.3) is 0 Å². The maximum Gasteiger partial charge on any atom is 0.315 e. The highest BCUT2D eigenvalue weighted by Gasteiger charge is 2.08. The molecule has 0 saturated heterocycles. The second kappa shape index (κ2) is 5.91. The van der Waals surface area contributed by atoms with Gasteiger partial charge in [0.05, 0.1) is 18.8 Å². The monoisotopic (exact) mass is 244 g/mol. The Kier molecular flexibility index (Phi) is 4.02. The molecule has 2 rings (SSSR count). The minimum absolute atomic E-state index is 0.0252. The fourth-order valence-electron chi connectivity index (χ4n) is 1.65. The minimum Gasteiger partial charge on any atom is -0.467 e. The van der Waals surface area contributed by atoms with Crippen molar-refractivity contribution in [1.82, 2.24) is 10.6 Å². The van der Waals surface area contributed by atoms with Gasteiger partial charge in [0.25, 0.3) is 0 Å². The summed E-state index contributed by atoms with van der Waals surface area (Å²) >= 11 is 0. The van der Waals surface area contributed by atoms with Gasteiger partial charge in [-0.1, -0.05) is 30.3 Å². The predicted octanol–water partition coefficient (Wildman–Crippen LogP) is 2.84. The Hall–Kier alpha value is -2.23. The average Bonchev–Trinajstić information content (AvgIpc) is 2.90. The quantitative estimate of drug-likeness (QED) is 0.868. The minimum atomic E-state index is -0.206. The van der Waals surface area contributed by atoms with E-state index in [0.717, 1.165) is 11.3 Å². The molecule has 1 heterocycles. The summed E-state index contributed by atoms with van der Waals surface area (Å²) in [6.45, 7) is 2.34. The lowest BCUT2D eigenvalue weighted by atomic mass is 10.1. The van der Waals surface area contributed by atoms with E-state index in [2.05, 4.69) is 10.6 Å². The zero-order valence-corrected chi connectivity index (χ0v) is 10.2. The molecule has 1 atom stereocenters. The zero-order valence-electron chi connectivity index (χ0n) is 10.2. The summed E-state index contributed by atoms with van der Waals surface area (Å²) in [5.41, 5.74) is 1.07. The molecule has 1 aromatic heterocycles. The van der Waals surface area contributed by atoms with Crippen LogP contribution in [0.1, 0.15) is 24.3 Å². The van der Waals surface area contributed by atoms with Crippen molar-refractivity contribution >= 4 is 6.03 Å². The number of furan rings is 1. The Morgan fingerprint density at radius 3 is 2.67 bits per heavy atom. The summed E-state index contributed by atoms with van der Waals surface area (Å²) in [7, 11) is 0. The molecule has 0 radical (unpaired) electrons. The summed E-state index contributed by atoms with van der Waals surface area (Å²) in [5.74, 6) is 0.734. The van der Waals surface area contributed by atoms with E-state index < -0.39 is 0 Å². The lowest BCUT2D eigenvalue weighted by Gasteiger charge is -2.14. The molecule has 4 heteroatoms. The first-order valence-electron chi connectivity index (χ1n) is 5.87. The van der Waals surface area contributed by atoms with Crippen molar-refractivity contribution in [2.45, 2.75) is 19.5 Å². The Balaban J connectivity index is 1.80. The standard InChI is InChI=1S/C14H16N2O2/c1-11(12-6-3-2-4-7-12)16-14(17)15-10-13-8-5-9-18-13/h2-9,11H,10H2,1H3,(H2,15,16,17)/t11-/m0/s1. The van der Waals surface area contributed by atoms with Crippen molar-refractivity contribution in [2.75, 3.05) is 0 Å². The van der Waals surface area contributed by atoms with Gasteiger partial charge in [0.15, 0.2) is 0 Å². The molecule has 2 amide bonds. The number of hydrogen-bond donors (Lipinski definition) is 2. The zero-order chi connectivity index (χ0) is 12.8. The van der Waals surface area contributed by atoms with Gasteiger partial charge < -0.3 is 15.1 Å². The van der Waals surface area contributed by atoms with E-state index in [1.54, 1.807) is 12.3 Å². The number of amides is 2. The fraction of sp³-hybridized carbons (Fsp3) is 0.214. The number of hydrogen-bond acceptors (Lipinski definition) is 2. The van der Waals surface area contributed by atoms with Gasteiger partial charge in [0.2, 0.25) is 0 Å². The SMILES string of the molecule is C[C@H](NC(=O)NCc1ccco1)c1ccccc1. The number of rotatable bonds is 4. The summed E-state index contributed by atoms with van der Waals surface area (Å²) < 4.78 is 5.13. The Morgan fingerprint density at radius 1 is 1.22 bits per heavy atom. The maximum absolute atomic E-state index is 11.7. The van der Waals surface area contributed by atoms with Crippen LogP contribution < -0.4 is 10.6 Å². The van der Waals surface area contributed by atoms with E-state index in [1.807, 2.05) is 43.3 Å². The molecule has 0 aliphatic carbocycles. The van der Waals surface area contributed by atoms with Crippen LogP contribution in [-0.4, -0.2) is 6.03 Å². The molecule has 2 aromatic rings. The van der Waals surface area contributed by atoms with Gasteiger partial charge in [-0.3, -0.25) is 0 Å². The van der Waals surface area contributed by atoms with Crippen molar-refractivity contribution in [1.29, 1.82) is 0 Å². The molecular weight excluding hydrogens is 228 g/mol. The number of carbonyl (C=O) groups excluding carboxylic acids is 1. The highest BCUT2D eigenvalue weighted by Crippen LogP contribution is 2.10. The molecule has 0 aliphatic heterocycles. The average molecular weight is 244 g/mol. The van der Waals surface area contributed by atoms with Crippen LogP contribution in [0.2, 0.25) is 0 Å². The van der Waals surface area contributed by atoms with Crippen LogP contribution in [0.5, 0.6) is 0 Å². The highest BCUT2D eigenvalue weighted by molar-refractivity contribution is 5.74. The van der Waals surface area contributed by atoms with Gasteiger partial charge in [0, 0.05) is 0 Å². The van der Waals surface area contributed by atoms with E-state index in [1.165, 1.54) is 0 Å². The molecule has 0 spiro atoms. The Bertz CT molecular complexity index is 480. The summed E-state index contributed by atoms with van der Waals surface area (Å²) in [4.78, 5) is 11.7. The van der Waals surface area contributed by atoms with E-state index in [0.29, 0.717) is 6.54 Å². The van der Waals surface area contributed by atoms with Gasteiger partial charge in [-0.25, -0.2) is 4.79 Å². The fourth-order valence-corrected chi connectivity index (χ4v) is 1.65. The van der Waals surface area contributed by atoms with Crippen LogP contribution in [0.15, 0.2) is 53.1 Å².